The van der Waals surface area contributed by atoms with Crippen LogP contribution in [-0.4, -0.2) is 40.4 Å². The van der Waals surface area contributed by atoms with Gasteiger partial charge in [-0.05, 0) is 26.7 Å². The molecular weight excluding hydrogens is 340 g/mol. The maximum absolute atomic E-state index is 10.5. The van der Waals surface area contributed by atoms with Crippen molar-refractivity contribution >= 4 is 0 Å². The van der Waals surface area contributed by atoms with Crippen LogP contribution < -0.4 is 0 Å². The fraction of sp³-hybridized carbons (Fsp3) is 0.826. The molecule has 0 aromatic heterocycles. The molecule has 0 bridgehead atoms. The molecule has 1 heterocycles. The second kappa shape index (κ2) is 13.2. The van der Waals surface area contributed by atoms with Crippen LogP contribution in [-0.2, 0) is 9.47 Å². The number of rotatable bonds is 10. The maximum atomic E-state index is 10.5. The number of aliphatic hydroxyl groups excluding tert-OH is 2. The monoisotopic (exact) mass is 378 g/mol. The summed E-state index contributed by atoms with van der Waals surface area (Å²) in [7, 11) is 0. The Morgan fingerprint density at radius 2 is 1.15 bits per heavy atom. The van der Waals surface area contributed by atoms with Gasteiger partial charge in [0.2, 0.25) is 0 Å². The predicted molar refractivity (Wildman–Crippen MR) is 109 cm³/mol. The number of aliphatic hydroxyl groups is 2. The van der Waals surface area contributed by atoms with Crippen molar-refractivity contribution in [3.63, 3.8) is 0 Å². The Morgan fingerprint density at radius 3 is 1.52 bits per heavy atom. The van der Waals surface area contributed by atoms with Gasteiger partial charge in [-0.1, -0.05) is 39.5 Å². The number of hydrogen-bond acceptors (Lipinski definition) is 4. The van der Waals surface area contributed by atoms with Gasteiger partial charge in [-0.2, -0.15) is 0 Å². The van der Waals surface area contributed by atoms with Gasteiger partial charge in [-0.3, -0.25) is 0 Å². The van der Waals surface area contributed by atoms with Gasteiger partial charge in [0.05, 0.1) is 12.2 Å². The molecule has 1 aliphatic rings. The average Bonchev–Trinajstić information content (AvgIpc) is 2.96. The largest absolute Gasteiger partial charge is 0.389 e. The summed E-state index contributed by atoms with van der Waals surface area (Å²) >= 11 is 0. The molecule has 4 heteroatoms. The highest BCUT2D eigenvalue weighted by molar-refractivity contribution is 5.05. The van der Waals surface area contributed by atoms with E-state index in [4.69, 9.17) is 9.47 Å². The lowest BCUT2D eigenvalue weighted by Gasteiger charge is -2.23. The lowest BCUT2D eigenvalue weighted by Crippen LogP contribution is -2.42. The summed E-state index contributed by atoms with van der Waals surface area (Å²) in [6.07, 6.45) is 6.47. The first-order chi connectivity index (χ1) is 12.9. The predicted octanol–water partition coefficient (Wildman–Crippen LogP) is 4.18. The van der Waals surface area contributed by atoms with Crippen molar-refractivity contribution in [2.75, 3.05) is 0 Å². The van der Waals surface area contributed by atoms with Crippen LogP contribution in [0.3, 0.4) is 0 Å². The Kier molecular flexibility index (Phi) is 11.7. The van der Waals surface area contributed by atoms with Crippen molar-refractivity contribution in [2.24, 2.45) is 0 Å². The summed E-state index contributed by atoms with van der Waals surface area (Å²) in [5.74, 6) is 11.4. The first-order valence-electron chi connectivity index (χ1n) is 10.5. The van der Waals surface area contributed by atoms with E-state index >= 15 is 0 Å². The van der Waals surface area contributed by atoms with Crippen LogP contribution in [0.25, 0.3) is 0 Å². The Hall–Kier alpha value is -1.04. The summed E-state index contributed by atoms with van der Waals surface area (Å²) < 4.78 is 11.7. The van der Waals surface area contributed by atoms with E-state index in [-0.39, 0.29) is 0 Å². The summed E-state index contributed by atoms with van der Waals surface area (Å²) in [6.45, 7) is 7.92. The minimum absolute atomic E-state index is 0.322. The van der Waals surface area contributed by atoms with Gasteiger partial charge in [0, 0.05) is 25.7 Å². The summed E-state index contributed by atoms with van der Waals surface area (Å²) in [5.41, 5.74) is 0. The molecule has 2 N–H and O–H groups in total. The molecule has 0 radical (unpaired) electrons. The lowest BCUT2D eigenvalue weighted by atomic mass is 9.99. The van der Waals surface area contributed by atoms with Crippen molar-refractivity contribution in [3.8, 4) is 23.7 Å². The van der Waals surface area contributed by atoms with Crippen molar-refractivity contribution in [1.29, 1.82) is 0 Å². The molecular formula is C23H38O4. The number of unbranched alkanes of at least 4 members (excludes halogenated alkanes) is 6. The molecule has 4 atom stereocenters. The van der Waals surface area contributed by atoms with Crippen molar-refractivity contribution in [2.45, 2.75) is 122 Å². The summed E-state index contributed by atoms with van der Waals surface area (Å²) in [6, 6.07) is 0. The van der Waals surface area contributed by atoms with Crippen molar-refractivity contribution in [3.05, 3.63) is 0 Å². The number of hydrogen-bond donors (Lipinski definition) is 2. The van der Waals surface area contributed by atoms with Gasteiger partial charge >= 0.3 is 0 Å². The first kappa shape index (κ1) is 24.0. The normalized spacial score (nSPS) is 23.0. The Morgan fingerprint density at radius 1 is 0.741 bits per heavy atom. The fourth-order valence-corrected chi connectivity index (χ4v) is 3.10. The fourth-order valence-electron chi connectivity index (χ4n) is 3.10. The van der Waals surface area contributed by atoms with Crippen LogP contribution in [0.2, 0.25) is 0 Å². The van der Waals surface area contributed by atoms with Crippen LogP contribution in [0.4, 0.5) is 0 Å². The van der Waals surface area contributed by atoms with E-state index in [2.05, 4.69) is 37.5 Å². The van der Waals surface area contributed by atoms with E-state index in [1.54, 1.807) is 13.8 Å². The maximum Gasteiger partial charge on any atom is 0.164 e. The van der Waals surface area contributed by atoms with E-state index in [1.165, 1.54) is 25.7 Å². The van der Waals surface area contributed by atoms with E-state index in [0.29, 0.717) is 12.8 Å². The minimum Gasteiger partial charge on any atom is -0.389 e. The van der Waals surface area contributed by atoms with Crippen LogP contribution in [0.1, 0.15) is 91.9 Å². The topological polar surface area (TPSA) is 58.9 Å². The van der Waals surface area contributed by atoms with Crippen LogP contribution in [0, 0.1) is 23.7 Å². The quantitative estimate of drug-likeness (QED) is 0.442. The first-order valence-corrected chi connectivity index (χ1v) is 10.5. The molecule has 0 unspecified atom stereocenters. The van der Waals surface area contributed by atoms with Crippen molar-refractivity contribution in [1.82, 2.24) is 0 Å². The number of ether oxygens (including phenoxy) is 2. The molecule has 0 spiro atoms. The zero-order valence-corrected chi connectivity index (χ0v) is 17.6. The minimum atomic E-state index is -0.833. The van der Waals surface area contributed by atoms with E-state index in [9.17, 15) is 10.2 Å². The van der Waals surface area contributed by atoms with Crippen LogP contribution in [0.5, 0.6) is 0 Å². The molecule has 1 saturated heterocycles. The SMILES string of the molecule is CCCCCC#CC[C@@H](O)[C@H]1OC(C)(C)O[C@@H]1[C@H](O)CC#CCCCCC. The van der Waals surface area contributed by atoms with Gasteiger partial charge < -0.3 is 19.7 Å². The van der Waals surface area contributed by atoms with E-state index in [0.717, 1.165) is 25.7 Å². The third-order valence-electron chi connectivity index (χ3n) is 4.61. The van der Waals surface area contributed by atoms with Crippen molar-refractivity contribution < 1.29 is 19.7 Å². The van der Waals surface area contributed by atoms with Gasteiger partial charge in [-0.15, -0.1) is 23.7 Å². The molecule has 1 fully saturated rings. The Balaban J connectivity index is 2.54. The van der Waals surface area contributed by atoms with Gasteiger partial charge in [0.25, 0.3) is 0 Å². The second-order valence-electron chi connectivity index (χ2n) is 7.73. The van der Waals surface area contributed by atoms with Crippen LogP contribution >= 0.6 is 0 Å². The lowest BCUT2D eigenvalue weighted by molar-refractivity contribution is -0.160. The highest BCUT2D eigenvalue weighted by atomic mass is 16.8. The standard InChI is InChI=1S/C23H38O4/c1-5-7-9-11-13-15-17-19(24)21-22(27-23(3,4)26-21)20(25)18-16-14-12-10-8-6-2/h19-22,24-25H,5-12,17-18H2,1-4H3/t19-,20-,21-,22-/m1/s1. The molecule has 4 nitrogen and oxygen atoms in total. The molecule has 0 saturated carbocycles. The van der Waals surface area contributed by atoms with E-state index < -0.39 is 30.2 Å². The molecule has 154 valence electrons. The molecule has 0 aliphatic carbocycles. The van der Waals surface area contributed by atoms with Gasteiger partial charge in [0.15, 0.2) is 5.79 Å². The van der Waals surface area contributed by atoms with Crippen LogP contribution in [0.15, 0.2) is 0 Å². The third-order valence-corrected chi connectivity index (χ3v) is 4.61. The highest BCUT2D eigenvalue weighted by Gasteiger charge is 2.47. The van der Waals surface area contributed by atoms with Gasteiger partial charge in [0.1, 0.15) is 12.2 Å². The van der Waals surface area contributed by atoms with E-state index in [1.807, 2.05) is 0 Å². The second-order valence-corrected chi connectivity index (χ2v) is 7.73. The Labute approximate surface area is 166 Å². The zero-order chi connectivity index (χ0) is 20.1. The zero-order valence-electron chi connectivity index (χ0n) is 17.6. The molecule has 0 aromatic carbocycles. The summed E-state index contributed by atoms with van der Waals surface area (Å²) in [4.78, 5) is 0. The third kappa shape index (κ3) is 9.63. The van der Waals surface area contributed by atoms with Gasteiger partial charge in [-0.25, -0.2) is 0 Å². The highest BCUT2D eigenvalue weighted by Crippen LogP contribution is 2.33. The smallest absolute Gasteiger partial charge is 0.164 e. The molecule has 0 aromatic rings. The molecule has 1 rings (SSSR count). The Bertz CT molecular complexity index is 474. The molecule has 27 heavy (non-hydrogen) atoms. The summed E-state index contributed by atoms with van der Waals surface area (Å²) in [5, 5.41) is 21.0. The molecule has 0 amide bonds. The molecule has 1 aliphatic heterocycles. The average molecular weight is 379 g/mol.